The number of methoxy groups -OCH3 is 3. The second-order valence-corrected chi connectivity index (χ2v) is 9.29. The molecule has 2 aliphatic heterocycles. The first kappa shape index (κ1) is 23.3. The zero-order chi connectivity index (χ0) is 24.9. The van der Waals surface area contributed by atoms with Gasteiger partial charge in [0.05, 0.1) is 38.9 Å². The van der Waals surface area contributed by atoms with Crippen LogP contribution in [0.5, 0.6) is 17.2 Å². The molecule has 9 nitrogen and oxygen atoms in total. The summed E-state index contributed by atoms with van der Waals surface area (Å²) in [6.45, 7) is 3.90. The van der Waals surface area contributed by atoms with Gasteiger partial charge in [0, 0.05) is 6.07 Å². The van der Waals surface area contributed by atoms with Crippen molar-refractivity contribution in [3.05, 3.63) is 40.9 Å². The lowest BCUT2D eigenvalue weighted by Crippen LogP contribution is -2.41. The van der Waals surface area contributed by atoms with Crippen molar-refractivity contribution in [2.75, 3.05) is 26.2 Å². The van der Waals surface area contributed by atoms with Crippen molar-refractivity contribution >= 4 is 17.5 Å². The van der Waals surface area contributed by atoms with Gasteiger partial charge >= 0.3 is 0 Å². The maximum Gasteiger partial charge on any atom is 0.295 e. The number of benzene rings is 1. The molecule has 1 aromatic carbocycles. The van der Waals surface area contributed by atoms with Crippen LogP contribution < -0.4 is 19.1 Å². The number of hydrogen-bond acceptors (Lipinski definition) is 8. The second-order valence-electron chi connectivity index (χ2n) is 9.29. The van der Waals surface area contributed by atoms with Gasteiger partial charge in [-0.25, -0.2) is 0 Å². The van der Waals surface area contributed by atoms with Crippen molar-refractivity contribution in [2.45, 2.75) is 51.7 Å². The smallest absolute Gasteiger partial charge is 0.295 e. The van der Waals surface area contributed by atoms with E-state index in [1.165, 1.54) is 26.2 Å². The van der Waals surface area contributed by atoms with E-state index < -0.39 is 11.9 Å². The lowest BCUT2D eigenvalue weighted by molar-refractivity contribution is -0.132. The van der Waals surface area contributed by atoms with Crippen molar-refractivity contribution in [3.8, 4) is 17.2 Å². The number of rotatable bonds is 6. The molecule has 0 saturated heterocycles. The van der Waals surface area contributed by atoms with Gasteiger partial charge in [0.1, 0.15) is 11.9 Å². The molecular weight excluding hydrogens is 452 g/mol. The normalized spacial score (nSPS) is 25.8. The van der Waals surface area contributed by atoms with E-state index in [-0.39, 0.29) is 23.6 Å². The largest absolute Gasteiger partial charge is 0.493 e. The van der Waals surface area contributed by atoms with E-state index in [9.17, 15) is 9.59 Å². The number of carbonyl (C=O) groups excluding carboxylic acids is 2. The van der Waals surface area contributed by atoms with Crippen LogP contribution in [0, 0.1) is 18.8 Å². The molecule has 186 valence electrons. The summed E-state index contributed by atoms with van der Waals surface area (Å²) >= 11 is 0. The topological polar surface area (TPSA) is 100 Å². The second kappa shape index (κ2) is 8.94. The van der Waals surface area contributed by atoms with Crippen LogP contribution in [-0.2, 0) is 14.3 Å². The van der Waals surface area contributed by atoms with Crippen molar-refractivity contribution in [3.63, 3.8) is 0 Å². The van der Waals surface area contributed by atoms with Gasteiger partial charge in [-0.2, -0.15) is 0 Å². The summed E-state index contributed by atoms with van der Waals surface area (Å²) in [6, 6.07) is 4.41. The molecule has 1 aliphatic carbocycles. The number of aromatic nitrogens is 1. The van der Waals surface area contributed by atoms with Crippen molar-refractivity contribution in [1.29, 1.82) is 0 Å². The van der Waals surface area contributed by atoms with Gasteiger partial charge in [-0.1, -0.05) is 18.5 Å². The third-order valence-corrected chi connectivity index (χ3v) is 7.40. The zero-order valence-corrected chi connectivity index (χ0v) is 20.6. The molecule has 35 heavy (non-hydrogen) atoms. The Labute approximate surface area is 203 Å². The molecule has 0 N–H and O–H groups in total. The molecule has 4 unspecified atom stereocenters. The number of ether oxygens (including phenoxy) is 4. The highest BCUT2D eigenvalue weighted by Gasteiger charge is 2.54. The third kappa shape index (κ3) is 3.64. The number of amides is 1. The van der Waals surface area contributed by atoms with Crippen LogP contribution >= 0.6 is 0 Å². The molecule has 4 atom stereocenters. The Balaban J connectivity index is 1.67. The highest BCUT2D eigenvalue weighted by molar-refractivity contribution is 6.17. The summed E-state index contributed by atoms with van der Waals surface area (Å²) in [7, 11) is 4.57. The number of Topliss-reactive ketones (excluding diaryl/α,β-unsaturated/α-hetero) is 1. The molecule has 0 bridgehead atoms. The van der Waals surface area contributed by atoms with Crippen molar-refractivity contribution < 1.29 is 33.1 Å². The van der Waals surface area contributed by atoms with Gasteiger partial charge < -0.3 is 23.5 Å². The van der Waals surface area contributed by atoms with E-state index in [2.05, 4.69) is 12.1 Å². The Morgan fingerprint density at radius 2 is 1.77 bits per heavy atom. The molecule has 0 radical (unpaired) electrons. The zero-order valence-electron chi connectivity index (χ0n) is 20.6. The monoisotopic (exact) mass is 482 g/mol. The third-order valence-electron chi connectivity index (χ3n) is 7.40. The van der Waals surface area contributed by atoms with Gasteiger partial charge in [0.15, 0.2) is 28.9 Å². The van der Waals surface area contributed by atoms with Gasteiger partial charge in [0.25, 0.3) is 5.91 Å². The van der Waals surface area contributed by atoms with Crippen LogP contribution in [0.25, 0.3) is 0 Å². The molecular formula is C26H30N2O7. The highest BCUT2D eigenvalue weighted by atomic mass is 16.5. The summed E-state index contributed by atoms with van der Waals surface area (Å²) in [5.41, 5.74) is 0.972. The molecule has 9 heteroatoms. The Hall–Kier alpha value is -3.49. The Bertz CT molecular complexity index is 1180. The predicted octanol–water partition coefficient (Wildman–Crippen LogP) is 4.15. The van der Waals surface area contributed by atoms with Crippen LogP contribution in [-0.4, -0.2) is 44.3 Å². The molecule has 3 heterocycles. The molecule has 2 aromatic rings. The minimum atomic E-state index is -0.772. The quantitative estimate of drug-likeness (QED) is 0.606. The van der Waals surface area contributed by atoms with Crippen LogP contribution in [0.15, 0.2) is 34.1 Å². The summed E-state index contributed by atoms with van der Waals surface area (Å²) in [5.74, 6) is 1.98. The van der Waals surface area contributed by atoms with Crippen molar-refractivity contribution in [1.82, 2.24) is 5.16 Å². The number of ketones is 1. The number of hydrogen-bond donors (Lipinski definition) is 0. The highest BCUT2D eigenvalue weighted by Crippen LogP contribution is 2.51. The molecule has 1 fully saturated rings. The van der Waals surface area contributed by atoms with Crippen LogP contribution in [0.3, 0.4) is 0 Å². The first-order chi connectivity index (χ1) is 16.9. The molecule has 1 aromatic heterocycles. The number of anilines is 1. The van der Waals surface area contributed by atoms with Gasteiger partial charge in [-0.15, -0.1) is 0 Å². The number of fused-ring (bicyclic) bond motifs is 1. The van der Waals surface area contributed by atoms with E-state index in [1.807, 2.05) is 0 Å². The van der Waals surface area contributed by atoms with Crippen LogP contribution in [0.1, 0.15) is 50.0 Å². The standard InChI is InChI=1S/C26H30N2O7/c1-6-14-7-8-17-16(10-14)23(29)21-22(15-11-18(31-3)24(33-5)19(12-15)32-4)28(26(30)25(21)34-17)20-9-13(2)35-27-20/h9,11-12,14,16-17,22H,6-8,10H2,1-5H3. The maximum atomic E-state index is 14.0. The number of carbonyl (C=O) groups is 2. The predicted molar refractivity (Wildman–Crippen MR) is 126 cm³/mol. The fourth-order valence-corrected chi connectivity index (χ4v) is 5.60. The van der Waals surface area contributed by atoms with Crippen LogP contribution in [0.4, 0.5) is 5.82 Å². The van der Waals surface area contributed by atoms with E-state index in [0.29, 0.717) is 45.9 Å². The molecule has 0 spiro atoms. The molecule has 1 amide bonds. The first-order valence-electron chi connectivity index (χ1n) is 11.9. The fourth-order valence-electron chi connectivity index (χ4n) is 5.60. The summed E-state index contributed by atoms with van der Waals surface area (Å²) in [4.78, 5) is 29.2. The van der Waals surface area contributed by atoms with Crippen LogP contribution in [0.2, 0.25) is 0 Å². The number of nitrogens with zero attached hydrogens (tertiary/aromatic N) is 2. The van der Waals surface area contributed by atoms with Gasteiger partial charge in [-0.05, 0) is 49.8 Å². The van der Waals surface area contributed by atoms with E-state index in [4.69, 9.17) is 23.5 Å². The Morgan fingerprint density at radius 1 is 1.06 bits per heavy atom. The minimum Gasteiger partial charge on any atom is -0.493 e. The summed E-state index contributed by atoms with van der Waals surface area (Å²) < 4.78 is 28.1. The van der Waals surface area contributed by atoms with Gasteiger partial charge in [-0.3, -0.25) is 14.5 Å². The Kier molecular flexibility index (Phi) is 5.94. The molecule has 3 aliphatic rings. The molecule has 5 rings (SSSR count). The van der Waals surface area contributed by atoms with E-state index in [1.54, 1.807) is 25.1 Å². The Morgan fingerprint density at radius 3 is 2.34 bits per heavy atom. The fraction of sp³-hybridized carbons (Fsp3) is 0.500. The SMILES string of the molecule is CCC1CCC2OC3=C(C(=O)C2C1)C(c1cc(OC)c(OC)c(OC)c1)N(c1cc(C)on1)C3=O. The van der Waals surface area contributed by atoms with E-state index in [0.717, 1.165) is 25.7 Å². The summed E-state index contributed by atoms with van der Waals surface area (Å²) in [5, 5.41) is 4.09. The average molecular weight is 483 g/mol. The first-order valence-corrected chi connectivity index (χ1v) is 11.9. The molecule has 1 saturated carbocycles. The average Bonchev–Trinajstić information content (AvgIpc) is 3.43. The van der Waals surface area contributed by atoms with Crippen molar-refractivity contribution in [2.24, 2.45) is 11.8 Å². The van der Waals surface area contributed by atoms with Gasteiger partial charge in [0.2, 0.25) is 5.75 Å². The summed E-state index contributed by atoms with van der Waals surface area (Å²) in [6.07, 6.45) is 3.24. The lowest BCUT2D eigenvalue weighted by Gasteiger charge is -2.38. The maximum absolute atomic E-state index is 14.0. The number of aryl methyl sites for hydroxylation is 1. The minimum absolute atomic E-state index is 0.0378. The van der Waals surface area contributed by atoms with E-state index >= 15 is 0 Å². The lowest BCUT2D eigenvalue weighted by atomic mass is 9.73.